The highest BCUT2D eigenvalue weighted by Crippen LogP contribution is 2.26. The average Bonchev–Trinajstić information content (AvgIpc) is 2.74. The van der Waals surface area contributed by atoms with E-state index in [0.29, 0.717) is 19.0 Å². The zero-order valence-electron chi connectivity index (χ0n) is 16.1. The summed E-state index contributed by atoms with van der Waals surface area (Å²) in [5.74, 6) is 1.33. The lowest BCUT2D eigenvalue weighted by Gasteiger charge is -2.35. The van der Waals surface area contributed by atoms with Crippen molar-refractivity contribution in [2.24, 2.45) is 0 Å². The standard InChI is InChI=1S/C20H22N6O2S/c1-15-5-7-16(8-6-15)29(27,28)17-14-23-20(24-19(17)21)26-12-10-25(11-13-26)18-4-2-3-9-22-18/h2-9,14H,10-13H2,1H3,(H2,21,23,24). The maximum Gasteiger partial charge on any atom is 0.227 e. The Morgan fingerprint density at radius 1 is 0.931 bits per heavy atom. The predicted molar refractivity (Wildman–Crippen MR) is 112 cm³/mol. The van der Waals surface area contributed by atoms with E-state index in [1.807, 2.05) is 30.0 Å². The van der Waals surface area contributed by atoms with Gasteiger partial charge in [-0.05, 0) is 31.2 Å². The van der Waals surface area contributed by atoms with Gasteiger partial charge in [0.25, 0.3) is 0 Å². The number of hydrogen-bond donors (Lipinski definition) is 1. The first-order chi connectivity index (χ1) is 13.9. The number of aryl methyl sites for hydroxylation is 1. The molecule has 0 aliphatic carbocycles. The van der Waals surface area contributed by atoms with E-state index in [1.54, 1.807) is 30.5 Å². The Morgan fingerprint density at radius 2 is 1.62 bits per heavy atom. The number of rotatable bonds is 4. The van der Waals surface area contributed by atoms with Crippen LogP contribution in [0.3, 0.4) is 0 Å². The van der Waals surface area contributed by atoms with Crippen LogP contribution < -0.4 is 15.5 Å². The van der Waals surface area contributed by atoms with Crippen molar-refractivity contribution >= 4 is 27.4 Å². The maximum atomic E-state index is 12.9. The molecule has 8 nitrogen and oxygen atoms in total. The molecule has 2 N–H and O–H groups in total. The van der Waals surface area contributed by atoms with Crippen LogP contribution in [-0.4, -0.2) is 49.5 Å². The quantitative estimate of drug-likeness (QED) is 0.695. The highest BCUT2D eigenvalue weighted by atomic mass is 32.2. The summed E-state index contributed by atoms with van der Waals surface area (Å²) in [5.41, 5.74) is 7.00. The largest absolute Gasteiger partial charge is 0.382 e. The molecule has 0 radical (unpaired) electrons. The first kappa shape index (κ1) is 19.1. The molecule has 0 atom stereocenters. The van der Waals surface area contributed by atoms with Gasteiger partial charge in [-0.2, -0.15) is 4.98 Å². The third kappa shape index (κ3) is 3.86. The zero-order valence-corrected chi connectivity index (χ0v) is 16.9. The molecule has 1 saturated heterocycles. The van der Waals surface area contributed by atoms with Gasteiger partial charge in [-0.3, -0.25) is 0 Å². The van der Waals surface area contributed by atoms with E-state index in [4.69, 9.17) is 5.73 Å². The minimum Gasteiger partial charge on any atom is -0.382 e. The molecule has 2 aromatic heterocycles. The normalized spacial score (nSPS) is 14.8. The Kier molecular flexibility index (Phi) is 5.06. The summed E-state index contributed by atoms with van der Waals surface area (Å²) in [5, 5.41) is 0. The molecule has 1 aromatic carbocycles. The number of anilines is 3. The minimum absolute atomic E-state index is 0.0391. The summed E-state index contributed by atoms with van der Waals surface area (Å²) in [6.07, 6.45) is 3.08. The summed E-state index contributed by atoms with van der Waals surface area (Å²) in [4.78, 5) is 17.2. The highest BCUT2D eigenvalue weighted by Gasteiger charge is 2.25. The Bertz CT molecular complexity index is 1100. The lowest BCUT2D eigenvalue weighted by Crippen LogP contribution is -2.47. The van der Waals surface area contributed by atoms with Crippen LogP contribution in [0.5, 0.6) is 0 Å². The predicted octanol–water partition coefficient (Wildman–Crippen LogP) is 1.92. The van der Waals surface area contributed by atoms with E-state index in [1.165, 1.54) is 6.20 Å². The van der Waals surface area contributed by atoms with Crippen LogP contribution in [-0.2, 0) is 9.84 Å². The van der Waals surface area contributed by atoms with E-state index in [-0.39, 0.29) is 15.6 Å². The molecule has 0 saturated carbocycles. The fraction of sp³-hybridized carbons (Fsp3) is 0.250. The van der Waals surface area contributed by atoms with E-state index in [9.17, 15) is 8.42 Å². The monoisotopic (exact) mass is 410 g/mol. The van der Waals surface area contributed by atoms with Gasteiger partial charge in [0.2, 0.25) is 15.8 Å². The van der Waals surface area contributed by atoms with Crippen molar-refractivity contribution in [2.45, 2.75) is 16.7 Å². The molecular formula is C20H22N6O2S. The number of nitrogens with two attached hydrogens (primary N) is 1. The summed E-state index contributed by atoms with van der Waals surface area (Å²) in [6.45, 7) is 4.82. The Balaban J connectivity index is 1.51. The van der Waals surface area contributed by atoms with Gasteiger partial charge >= 0.3 is 0 Å². The van der Waals surface area contributed by atoms with Crippen LogP contribution in [0.4, 0.5) is 17.6 Å². The molecule has 0 unspecified atom stereocenters. The first-order valence-corrected chi connectivity index (χ1v) is 10.8. The van der Waals surface area contributed by atoms with Gasteiger partial charge in [0.1, 0.15) is 16.5 Å². The van der Waals surface area contributed by atoms with Crippen molar-refractivity contribution in [3.05, 3.63) is 60.4 Å². The molecule has 0 spiro atoms. The molecule has 29 heavy (non-hydrogen) atoms. The van der Waals surface area contributed by atoms with E-state index >= 15 is 0 Å². The molecule has 4 rings (SSSR count). The lowest BCUT2D eigenvalue weighted by atomic mass is 10.2. The highest BCUT2D eigenvalue weighted by molar-refractivity contribution is 7.91. The van der Waals surface area contributed by atoms with Crippen molar-refractivity contribution in [2.75, 3.05) is 41.7 Å². The molecule has 0 amide bonds. The third-order valence-corrected chi connectivity index (χ3v) is 6.71. The van der Waals surface area contributed by atoms with Gasteiger partial charge in [0.05, 0.1) is 11.1 Å². The molecule has 0 bridgehead atoms. The van der Waals surface area contributed by atoms with Crippen molar-refractivity contribution < 1.29 is 8.42 Å². The lowest BCUT2D eigenvalue weighted by molar-refractivity contribution is 0.595. The van der Waals surface area contributed by atoms with Crippen molar-refractivity contribution in [3.8, 4) is 0 Å². The molecule has 1 aliphatic heterocycles. The smallest absolute Gasteiger partial charge is 0.227 e. The Morgan fingerprint density at radius 3 is 2.24 bits per heavy atom. The van der Waals surface area contributed by atoms with Crippen molar-refractivity contribution in [3.63, 3.8) is 0 Å². The topological polar surface area (TPSA) is 105 Å². The van der Waals surface area contributed by atoms with Crippen LogP contribution in [0.25, 0.3) is 0 Å². The summed E-state index contributed by atoms with van der Waals surface area (Å²) in [7, 11) is -3.76. The van der Waals surface area contributed by atoms with Gasteiger partial charge in [-0.25, -0.2) is 18.4 Å². The van der Waals surface area contributed by atoms with Gasteiger partial charge in [0, 0.05) is 32.4 Å². The Labute approximate surface area is 170 Å². The number of pyridine rings is 1. The first-order valence-electron chi connectivity index (χ1n) is 9.30. The average molecular weight is 411 g/mol. The van der Waals surface area contributed by atoms with Gasteiger partial charge in [-0.1, -0.05) is 23.8 Å². The molecule has 3 aromatic rings. The number of nitrogens with zero attached hydrogens (tertiary/aromatic N) is 5. The summed E-state index contributed by atoms with van der Waals surface area (Å²) >= 11 is 0. The van der Waals surface area contributed by atoms with Crippen molar-refractivity contribution in [1.82, 2.24) is 15.0 Å². The second kappa shape index (κ2) is 7.67. The number of piperazine rings is 1. The Hall–Kier alpha value is -3.20. The molecule has 1 fully saturated rings. The molecule has 150 valence electrons. The SMILES string of the molecule is Cc1ccc(S(=O)(=O)c2cnc(N3CCN(c4ccccn4)CC3)nc2N)cc1. The minimum atomic E-state index is -3.76. The summed E-state index contributed by atoms with van der Waals surface area (Å²) < 4.78 is 25.7. The molecular weight excluding hydrogens is 388 g/mol. The van der Waals surface area contributed by atoms with Crippen LogP contribution in [0.1, 0.15) is 5.56 Å². The fourth-order valence-electron chi connectivity index (χ4n) is 3.25. The van der Waals surface area contributed by atoms with Gasteiger partial charge in [-0.15, -0.1) is 0 Å². The second-order valence-electron chi connectivity index (χ2n) is 6.90. The fourth-order valence-corrected chi connectivity index (χ4v) is 4.52. The van der Waals surface area contributed by atoms with Crippen molar-refractivity contribution in [1.29, 1.82) is 0 Å². The van der Waals surface area contributed by atoms with Crippen LogP contribution in [0, 0.1) is 6.92 Å². The van der Waals surface area contributed by atoms with Gasteiger partial charge in [0.15, 0.2) is 0 Å². The number of sulfone groups is 1. The summed E-state index contributed by atoms with van der Waals surface area (Å²) in [6, 6.07) is 12.5. The molecule has 1 aliphatic rings. The van der Waals surface area contributed by atoms with Crippen LogP contribution in [0.2, 0.25) is 0 Å². The zero-order chi connectivity index (χ0) is 20.4. The number of aromatic nitrogens is 3. The van der Waals surface area contributed by atoms with Crippen LogP contribution >= 0.6 is 0 Å². The number of nitrogen functional groups attached to an aromatic ring is 1. The van der Waals surface area contributed by atoms with Crippen LogP contribution in [0.15, 0.2) is 64.6 Å². The van der Waals surface area contributed by atoms with Gasteiger partial charge < -0.3 is 15.5 Å². The van der Waals surface area contributed by atoms with E-state index < -0.39 is 9.84 Å². The van der Waals surface area contributed by atoms with E-state index in [2.05, 4.69) is 19.9 Å². The molecule has 9 heteroatoms. The molecule has 3 heterocycles. The number of hydrogen-bond acceptors (Lipinski definition) is 8. The maximum absolute atomic E-state index is 12.9. The van der Waals surface area contributed by atoms with E-state index in [0.717, 1.165) is 24.5 Å². The third-order valence-electron chi connectivity index (χ3n) is 4.93. The number of benzene rings is 1. The second-order valence-corrected chi connectivity index (χ2v) is 8.82.